The molecule has 0 saturated carbocycles. The number of hydrogen-bond acceptors (Lipinski definition) is 1. The minimum absolute atomic E-state index is 0.0285. The van der Waals surface area contributed by atoms with Gasteiger partial charge in [-0.1, -0.05) is 24.3 Å². The molecule has 0 aliphatic carbocycles. The number of fused-ring (bicyclic) bond motifs is 3. The van der Waals surface area contributed by atoms with E-state index in [1.807, 2.05) is 0 Å². The second-order valence-electron chi connectivity index (χ2n) is 7.18. The predicted octanol–water partition coefficient (Wildman–Crippen LogP) is 7.17. The molecule has 0 amide bonds. The molecule has 31 heavy (non-hydrogen) atoms. The Balaban J connectivity index is 1.78. The first kappa shape index (κ1) is 20.8. The maximum Gasteiger partial charge on any atom is 0.228 e. The quantitative estimate of drug-likeness (QED) is 0.180. The molecule has 0 bridgehead atoms. The zero-order valence-electron chi connectivity index (χ0n) is 16.3. The molecule has 0 aliphatic heterocycles. The van der Waals surface area contributed by atoms with Crippen LogP contribution >= 0.6 is 0 Å². The highest BCUT2D eigenvalue weighted by Crippen LogP contribution is 2.34. The lowest BCUT2D eigenvalue weighted by Crippen LogP contribution is -2.00. The van der Waals surface area contributed by atoms with Crippen LogP contribution in [0.25, 0.3) is 21.5 Å². The number of rotatable bonds is 6. The number of allylic oxidation sites excluding steroid dienone is 1. The summed E-state index contributed by atoms with van der Waals surface area (Å²) in [6, 6.07) is 11.3. The summed E-state index contributed by atoms with van der Waals surface area (Å²) < 4.78 is 75.1. The average molecular weight is 428 g/mol. The van der Waals surface area contributed by atoms with Gasteiger partial charge in [0.1, 0.15) is 17.5 Å². The molecule has 0 saturated heterocycles. The molecule has 0 spiro atoms. The van der Waals surface area contributed by atoms with Crippen molar-refractivity contribution in [1.29, 1.82) is 0 Å². The van der Waals surface area contributed by atoms with Gasteiger partial charge in [-0.15, -0.1) is 6.58 Å². The first-order valence-corrected chi connectivity index (χ1v) is 9.52. The molecule has 0 aromatic heterocycles. The normalized spacial score (nSPS) is 11.3. The van der Waals surface area contributed by atoms with E-state index in [9.17, 15) is 22.0 Å². The molecule has 158 valence electrons. The zero-order valence-corrected chi connectivity index (χ0v) is 16.3. The van der Waals surface area contributed by atoms with Gasteiger partial charge in [0, 0.05) is 12.0 Å². The van der Waals surface area contributed by atoms with Gasteiger partial charge >= 0.3 is 0 Å². The van der Waals surface area contributed by atoms with Crippen molar-refractivity contribution >= 4 is 21.5 Å². The fraction of sp³-hybridized carbons (Fsp3) is 0.120. The van der Waals surface area contributed by atoms with Crippen molar-refractivity contribution in [2.75, 3.05) is 6.86 Å². The van der Waals surface area contributed by atoms with Gasteiger partial charge in [0.25, 0.3) is 0 Å². The first-order chi connectivity index (χ1) is 14.9. The van der Waals surface area contributed by atoms with E-state index in [0.29, 0.717) is 28.3 Å². The van der Waals surface area contributed by atoms with E-state index in [0.717, 1.165) is 6.07 Å². The van der Waals surface area contributed by atoms with Crippen molar-refractivity contribution in [3.8, 4) is 5.75 Å². The van der Waals surface area contributed by atoms with Gasteiger partial charge in [0.2, 0.25) is 6.86 Å². The summed E-state index contributed by atoms with van der Waals surface area (Å²) in [4.78, 5) is 0. The number of hydrogen-bond donors (Lipinski definition) is 0. The summed E-state index contributed by atoms with van der Waals surface area (Å²) in [5.74, 6) is -3.53. The van der Waals surface area contributed by atoms with Crippen LogP contribution in [-0.4, -0.2) is 6.86 Å². The van der Waals surface area contributed by atoms with Crippen molar-refractivity contribution in [1.82, 2.24) is 0 Å². The van der Waals surface area contributed by atoms with E-state index in [2.05, 4.69) is 11.3 Å². The molecule has 1 nitrogen and oxygen atoms in total. The summed E-state index contributed by atoms with van der Waals surface area (Å²) in [5, 5.41) is 0.982. The second-order valence-corrected chi connectivity index (χ2v) is 7.18. The van der Waals surface area contributed by atoms with E-state index in [4.69, 9.17) is 0 Å². The minimum Gasteiger partial charge on any atom is -0.460 e. The van der Waals surface area contributed by atoms with E-state index in [-0.39, 0.29) is 28.5 Å². The number of halogens is 5. The summed E-state index contributed by atoms with van der Waals surface area (Å²) >= 11 is 0. The molecule has 0 heterocycles. The average Bonchev–Trinajstić information content (AvgIpc) is 2.72. The number of alkyl halides is 1. The predicted molar refractivity (Wildman–Crippen MR) is 111 cm³/mol. The Kier molecular flexibility index (Phi) is 5.63. The van der Waals surface area contributed by atoms with Crippen molar-refractivity contribution in [2.24, 2.45) is 0 Å². The molecule has 4 aromatic carbocycles. The molecule has 0 aliphatic rings. The third-order valence-corrected chi connectivity index (χ3v) is 5.21. The van der Waals surface area contributed by atoms with Crippen LogP contribution in [0.5, 0.6) is 5.75 Å². The van der Waals surface area contributed by atoms with Crippen LogP contribution in [0.3, 0.4) is 0 Å². The van der Waals surface area contributed by atoms with Crippen molar-refractivity contribution in [3.63, 3.8) is 0 Å². The molecular formula is C25H17F5O. The summed E-state index contributed by atoms with van der Waals surface area (Å²) in [6.07, 6.45) is 1.88. The Morgan fingerprint density at radius 1 is 0.806 bits per heavy atom. The van der Waals surface area contributed by atoms with Gasteiger partial charge in [-0.25, -0.2) is 22.0 Å². The fourth-order valence-corrected chi connectivity index (χ4v) is 3.79. The van der Waals surface area contributed by atoms with Crippen molar-refractivity contribution in [3.05, 3.63) is 101 Å². The highest BCUT2D eigenvalue weighted by molar-refractivity contribution is 6.08. The Morgan fingerprint density at radius 2 is 1.52 bits per heavy atom. The van der Waals surface area contributed by atoms with Crippen LogP contribution in [0.1, 0.15) is 16.7 Å². The molecule has 4 aromatic rings. The largest absolute Gasteiger partial charge is 0.460 e. The topological polar surface area (TPSA) is 9.23 Å². The SMILES string of the molecule is C=CCc1cc(F)c(Cc2ccc3c(c2)cc(F)c2c(F)c(OCF)ccc23)c(F)c1. The van der Waals surface area contributed by atoms with E-state index in [1.165, 1.54) is 24.3 Å². The third-order valence-electron chi connectivity index (χ3n) is 5.21. The molecule has 0 atom stereocenters. The van der Waals surface area contributed by atoms with E-state index in [1.54, 1.807) is 24.3 Å². The maximum atomic E-state index is 14.7. The highest BCUT2D eigenvalue weighted by Gasteiger charge is 2.17. The maximum absolute atomic E-state index is 14.7. The van der Waals surface area contributed by atoms with Gasteiger partial charge < -0.3 is 4.74 Å². The molecule has 0 fully saturated rings. The first-order valence-electron chi connectivity index (χ1n) is 9.52. The van der Waals surface area contributed by atoms with Crippen LogP contribution in [-0.2, 0) is 12.8 Å². The molecule has 6 heteroatoms. The lowest BCUT2D eigenvalue weighted by Gasteiger charge is -2.12. The zero-order chi connectivity index (χ0) is 22.1. The summed E-state index contributed by atoms with van der Waals surface area (Å²) in [7, 11) is 0. The van der Waals surface area contributed by atoms with Crippen LogP contribution < -0.4 is 4.74 Å². The van der Waals surface area contributed by atoms with Gasteiger partial charge in [0.15, 0.2) is 11.6 Å². The van der Waals surface area contributed by atoms with E-state index < -0.39 is 30.1 Å². The second kappa shape index (κ2) is 8.38. The lowest BCUT2D eigenvalue weighted by atomic mass is 9.96. The van der Waals surface area contributed by atoms with Gasteiger partial charge in [-0.05, 0) is 64.0 Å². The number of benzene rings is 4. The van der Waals surface area contributed by atoms with Gasteiger partial charge in [0.05, 0.1) is 5.39 Å². The monoisotopic (exact) mass is 428 g/mol. The Bertz CT molecular complexity index is 1290. The Morgan fingerprint density at radius 3 is 2.19 bits per heavy atom. The summed E-state index contributed by atoms with van der Waals surface area (Å²) in [5.41, 5.74) is 0.963. The molecule has 4 rings (SSSR count). The van der Waals surface area contributed by atoms with Crippen LogP contribution in [0.4, 0.5) is 22.0 Å². The Hall–Kier alpha value is -3.41. The Labute approximate surface area is 175 Å². The standard InChI is InChI=1S/C25H17F5O/c1-2-3-14-10-20(27)19(21(28)11-14)9-15-4-5-17-16(8-15)12-22(29)24-18(17)6-7-23(25(24)30)31-13-26/h2,4-8,10-12H,1,3,9,13H2. The lowest BCUT2D eigenvalue weighted by molar-refractivity contribution is 0.185. The third kappa shape index (κ3) is 3.85. The van der Waals surface area contributed by atoms with Gasteiger partial charge in [-0.3, -0.25) is 0 Å². The molecular weight excluding hydrogens is 411 g/mol. The fourth-order valence-electron chi connectivity index (χ4n) is 3.79. The molecule has 0 unspecified atom stereocenters. The number of ether oxygens (including phenoxy) is 1. The smallest absolute Gasteiger partial charge is 0.228 e. The van der Waals surface area contributed by atoms with Crippen molar-refractivity contribution in [2.45, 2.75) is 12.8 Å². The van der Waals surface area contributed by atoms with Crippen LogP contribution in [0.2, 0.25) is 0 Å². The van der Waals surface area contributed by atoms with Gasteiger partial charge in [-0.2, -0.15) is 0 Å². The van der Waals surface area contributed by atoms with Crippen LogP contribution in [0, 0.1) is 23.3 Å². The van der Waals surface area contributed by atoms with E-state index >= 15 is 0 Å². The highest BCUT2D eigenvalue weighted by atomic mass is 19.2. The molecule has 0 N–H and O–H groups in total. The summed E-state index contributed by atoms with van der Waals surface area (Å²) in [6.45, 7) is 2.33. The van der Waals surface area contributed by atoms with Crippen molar-refractivity contribution < 1.29 is 26.7 Å². The minimum atomic E-state index is -1.23. The van der Waals surface area contributed by atoms with Crippen LogP contribution in [0.15, 0.2) is 61.2 Å². The molecule has 0 radical (unpaired) electrons.